The van der Waals surface area contributed by atoms with E-state index in [-0.39, 0.29) is 0 Å². The molecule has 0 saturated carbocycles. The minimum absolute atomic E-state index is 1.01. The van der Waals surface area contributed by atoms with E-state index >= 15 is 0 Å². The molecule has 0 aliphatic rings. The normalized spacial score (nSPS) is 10.1. The average Bonchev–Trinajstić information content (AvgIpc) is 2.69. The van der Waals surface area contributed by atoms with Gasteiger partial charge >= 0.3 is 0 Å². The number of rotatable bonds is 4. The molecule has 0 bridgehead atoms. The first-order valence-corrected chi connectivity index (χ1v) is 6.99. The summed E-state index contributed by atoms with van der Waals surface area (Å²) in [6.07, 6.45) is 0. The van der Waals surface area contributed by atoms with E-state index < -0.39 is 0 Å². The average molecular weight is 245 g/mol. The van der Waals surface area contributed by atoms with Crippen LogP contribution in [-0.2, 0) is 5.75 Å². The molecule has 0 radical (unpaired) electrons. The Morgan fingerprint density at radius 1 is 1.50 bits per heavy atom. The van der Waals surface area contributed by atoms with Crippen LogP contribution in [0.25, 0.3) is 0 Å². The van der Waals surface area contributed by atoms with E-state index in [4.69, 9.17) is 12.2 Å². The summed E-state index contributed by atoms with van der Waals surface area (Å²) in [5, 5.41) is 2.11. The van der Waals surface area contributed by atoms with Crippen LogP contribution >= 0.6 is 35.3 Å². The third-order valence-electron chi connectivity index (χ3n) is 1.94. The van der Waals surface area contributed by atoms with Gasteiger partial charge in [-0.15, -0.1) is 11.3 Å². The zero-order valence-electron chi connectivity index (χ0n) is 8.53. The highest BCUT2D eigenvalue weighted by Gasteiger charge is 2.05. The van der Waals surface area contributed by atoms with Crippen molar-refractivity contribution in [2.75, 3.05) is 13.1 Å². The highest BCUT2D eigenvalue weighted by Crippen LogP contribution is 2.19. The van der Waals surface area contributed by atoms with Gasteiger partial charge in [0.15, 0.2) is 0 Å². The molecule has 1 nitrogen and oxygen atoms in total. The van der Waals surface area contributed by atoms with Gasteiger partial charge in [0.05, 0.1) is 0 Å². The van der Waals surface area contributed by atoms with Crippen LogP contribution in [0.15, 0.2) is 17.5 Å². The van der Waals surface area contributed by atoms with Gasteiger partial charge in [0.1, 0.15) is 4.32 Å². The summed E-state index contributed by atoms with van der Waals surface area (Å²) in [6, 6.07) is 4.24. The van der Waals surface area contributed by atoms with Crippen LogP contribution in [0.1, 0.15) is 18.7 Å². The number of hydrogen-bond donors (Lipinski definition) is 0. The Bertz CT molecular complexity index is 265. The molecule has 0 aromatic carbocycles. The van der Waals surface area contributed by atoms with Crippen LogP contribution in [0.2, 0.25) is 0 Å². The Morgan fingerprint density at radius 3 is 2.71 bits per heavy atom. The number of thiophene rings is 1. The minimum atomic E-state index is 1.01. The first-order valence-electron chi connectivity index (χ1n) is 4.72. The van der Waals surface area contributed by atoms with Crippen molar-refractivity contribution < 1.29 is 0 Å². The molecule has 1 heterocycles. The van der Waals surface area contributed by atoms with Gasteiger partial charge in [-0.05, 0) is 25.3 Å². The van der Waals surface area contributed by atoms with E-state index in [1.807, 2.05) is 0 Å². The first kappa shape index (κ1) is 12.0. The lowest BCUT2D eigenvalue weighted by Crippen LogP contribution is -2.26. The Kier molecular flexibility index (Phi) is 5.52. The van der Waals surface area contributed by atoms with Crippen LogP contribution < -0.4 is 0 Å². The smallest absolute Gasteiger partial charge is 0.136 e. The second-order valence-electron chi connectivity index (χ2n) is 2.81. The van der Waals surface area contributed by atoms with Crippen molar-refractivity contribution in [3.8, 4) is 0 Å². The zero-order chi connectivity index (χ0) is 10.4. The second kappa shape index (κ2) is 6.43. The predicted molar refractivity (Wildman–Crippen MR) is 71.1 cm³/mol. The van der Waals surface area contributed by atoms with Crippen molar-refractivity contribution in [1.82, 2.24) is 4.90 Å². The molecule has 0 spiro atoms. The van der Waals surface area contributed by atoms with E-state index in [1.165, 1.54) is 4.88 Å². The van der Waals surface area contributed by atoms with Crippen molar-refractivity contribution >= 4 is 39.6 Å². The molecule has 1 rings (SSSR count). The first-order chi connectivity index (χ1) is 6.77. The summed E-state index contributed by atoms with van der Waals surface area (Å²) in [6.45, 7) is 6.29. The summed E-state index contributed by atoms with van der Waals surface area (Å²) >= 11 is 8.89. The maximum atomic E-state index is 5.34. The fourth-order valence-corrected chi connectivity index (χ4v) is 3.28. The summed E-state index contributed by atoms with van der Waals surface area (Å²) in [4.78, 5) is 3.61. The molecule has 0 N–H and O–H groups in total. The molecule has 0 amide bonds. The van der Waals surface area contributed by atoms with Crippen LogP contribution in [-0.4, -0.2) is 22.3 Å². The molecule has 0 aliphatic heterocycles. The van der Waals surface area contributed by atoms with E-state index in [0.29, 0.717) is 0 Å². The molecule has 1 aromatic rings. The highest BCUT2D eigenvalue weighted by atomic mass is 32.2. The summed E-state index contributed by atoms with van der Waals surface area (Å²) < 4.78 is 1.02. The molecular formula is C10H15NS3. The van der Waals surface area contributed by atoms with Crippen molar-refractivity contribution in [2.45, 2.75) is 19.6 Å². The van der Waals surface area contributed by atoms with E-state index in [9.17, 15) is 0 Å². The largest absolute Gasteiger partial charge is 0.358 e. The van der Waals surface area contributed by atoms with Crippen LogP contribution in [0.5, 0.6) is 0 Å². The SMILES string of the molecule is CCN(CC)C(=S)SCc1cccs1. The summed E-state index contributed by atoms with van der Waals surface area (Å²) in [5.74, 6) is 1.01. The lowest BCUT2D eigenvalue weighted by atomic mass is 10.5. The fourth-order valence-electron chi connectivity index (χ4n) is 1.10. The Hall–Kier alpha value is -0.0600. The molecule has 0 saturated heterocycles. The molecule has 0 aliphatic carbocycles. The van der Waals surface area contributed by atoms with Gasteiger partial charge < -0.3 is 4.90 Å². The monoisotopic (exact) mass is 245 g/mol. The maximum absolute atomic E-state index is 5.34. The molecule has 0 fully saturated rings. The molecule has 4 heteroatoms. The third-order valence-corrected chi connectivity index (χ3v) is 4.57. The highest BCUT2D eigenvalue weighted by molar-refractivity contribution is 8.22. The molecule has 14 heavy (non-hydrogen) atoms. The summed E-state index contributed by atoms with van der Waals surface area (Å²) in [5.41, 5.74) is 0. The van der Waals surface area contributed by atoms with Crippen LogP contribution in [0, 0.1) is 0 Å². The molecule has 1 aromatic heterocycles. The topological polar surface area (TPSA) is 3.24 Å². The van der Waals surface area contributed by atoms with Crippen LogP contribution in [0.4, 0.5) is 0 Å². The van der Waals surface area contributed by atoms with Gasteiger partial charge in [-0.25, -0.2) is 0 Å². The zero-order valence-corrected chi connectivity index (χ0v) is 11.0. The third kappa shape index (κ3) is 3.59. The van der Waals surface area contributed by atoms with E-state index in [1.54, 1.807) is 23.1 Å². The Balaban J connectivity index is 2.34. The van der Waals surface area contributed by atoms with Crippen LogP contribution in [0.3, 0.4) is 0 Å². The maximum Gasteiger partial charge on any atom is 0.136 e. The number of thiocarbonyl (C=S) groups is 1. The Labute approximate surface area is 99.5 Å². The molecular weight excluding hydrogens is 230 g/mol. The van der Waals surface area contributed by atoms with Gasteiger partial charge in [0, 0.05) is 23.7 Å². The van der Waals surface area contributed by atoms with Crippen molar-refractivity contribution in [3.05, 3.63) is 22.4 Å². The fraction of sp³-hybridized carbons (Fsp3) is 0.500. The standard InChI is InChI=1S/C10H15NS3/c1-3-11(4-2)10(12)14-8-9-6-5-7-13-9/h5-7H,3-4,8H2,1-2H3. The van der Waals surface area contributed by atoms with Gasteiger partial charge in [-0.2, -0.15) is 0 Å². The number of nitrogens with zero attached hydrogens (tertiary/aromatic N) is 1. The van der Waals surface area contributed by atoms with Gasteiger partial charge in [0.25, 0.3) is 0 Å². The summed E-state index contributed by atoms with van der Waals surface area (Å²) in [7, 11) is 0. The second-order valence-corrected chi connectivity index (χ2v) is 5.45. The van der Waals surface area contributed by atoms with Crippen molar-refractivity contribution in [3.63, 3.8) is 0 Å². The number of hydrogen-bond acceptors (Lipinski definition) is 3. The van der Waals surface area contributed by atoms with Crippen molar-refractivity contribution in [1.29, 1.82) is 0 Å². The molecule has 78 valence electrons. The van der Waals surface area contributed by atoms with E-state index in [0.717, 1.165) is 23.2 Å². The predicted octanol–water partition coefficient (Wildman–Crippen LogP) is 3.61. The van der Waals surface area contributed by atoms with Crippen molar-refractivity contribution in [2.24, 2.45) is 0 Å². The Morgan fingerprint density at radius 2 is 2.21 bits per heavy atom. The number of thioether (sulfide) groups is 1. The van der Waals surface area contributed by atoms with Gasteiger partial charge in [-0.1, -0.05) is 30.0 Å². The van der Waals surface area contributed by atoms with Gasteiger partial charge in [-0.3, -0.25) is 0 Å². The molecule has 0 unspecified atom stereocenters. The van der Waals surface area contributed by atoms with Gasteiger partial charge in [0.2, 0.25) is 0 Å². The molecule has 0 atom stereocenters. The quantitative estimate of drug-likeness (QED) is 0.746. The lowest BCUT2D eigenvalue weighted by Gasteiger charge is -2.20. The minimum Gasteiger partial charge on any atom is -0.358 e. The lowest BCUT2D eigenvalue weighted by molar-refractivity contribution is 0.482. The van der Waals surface area contributed by atoms with E-state index in [2.05, 4.69) is 36.3 Å².